The number of hydrogen-bond acceptors (Lipinski definition) is 3. The van der Waals surface area contributed by atoms with E-state index in [0.29, 0.717) is 12.5 Å². The summed E-state index contributed by atoms with van der Waals surface area (Å²) >= 11 is 0. The number of amides is 2. The minimum atomic E-state index is -0.278. The van der Waals surface area contributed by atoms with Gasteiger partial charge in [-0.3, -0.25) is 9.59 Å². The van der Waals surface area contributed by atoms with E-state index < -0.39 is 0 Å². The molecule has 1 aromatic rings. The third kappa shape index (κ3) is 6.32. The molecule has 2 amide bonds. The first-order valence-corrected chi connectivity index (χ1v) is 8.85. The lowest BCUT2D eigenvalue weighted by atomic mass is 9.96. The highest BCUT2D eigenvalue weighted by Crippen LogP contribution is 2.18. The Morgan fingerprint density at radius 3 is 2.67 bits per heavy atom. The number of aryl methyl sites for hydroxylation is 1. The molecule has 1 aromatic carbocycles. The van der Waals surface area contributed by atoms with Crippen LogP contribution in [0.1, 0.15) is 49.8 Å². The van der Waals surface area contributed by atoms with Gasteiger partial charge in [-0.2, -0.15) is 0 Å². The summed E-state index contributed by atoms with van der Waals surface area (Å²) < 4.78 is 0. The molecule has 1 aliphatic rings. The monoisotopic (exact) mass is 331 g/mol. The quantitative estimate of drug-likeness (QED) is 0.716. The molecule has 5 nitrogen and oxygen atoms in total. The molecule has 2 rings (SSSR count). The number of benzene rings is 1. The molecular formula is C19H29N3O2. The van der Waals surface area contributed by atoms with Crippen molar-refractivity contribution in [1.82, 2.24) is 16.0 Å². The van der Waals surface area contributed by atoms with Crippen LogP contribution in [-0.4, -0.2) is 31.4 Å². The lowest BCUT2D eigenvalue weighted by Gasteiger charge is -2.23. The number of carbonyl (C=O) groups excluding carboxylic acids is 2. The van der Waals surface area contributed by atoms with Crippen LogP contribution in [0.2, 0.25) is 0 Å². The van der Waals surface area contributed by atoms with E-state index in [1.165, 1.54) is 19.8 Å². The van der Waals surface area contributed by atoms with Gasteiger partial charge in [-0.25, -0.2) is 0 Å². The molecule has 1 fully saturated rings. The van der Waals surface area contributed by atoms with Gasteiger partial charge < -0.3 is 16.0 Å². The van der Waals surface area contributed by atoms with Gasteiger partial charge in [0.15, 0.2) is 0 Å². The van der Waals surface area contributed by atoms with E-state index in [2.05, 4.69) is 16.0 Å². The van der Waals surface area contributed by atoms with Crippen LogP contribution in [0.25, 0.3) is 0 Å². The van der Waals surface area contributed by atoms with E-state index in [-0.39, 0.29) is 24.3 Å². The molecule has 1 saturated heterocycles. The molecule has 0 saturated carbocycles. The highest BCUT2D eigenvalue weighted by atomic mass is 16.2. The second kappa shape index (κ2) is 9.42. The second-order valence-electron chi connectivity index (χ2n) is 6.72. The molecule has 0 spiro atoms. The standard InChI is InChI=1S/C19H29N3O2/c1-14-5-7-17(8-6-14)18(22-15(2)23)12-19(24)21-11-9-16-4-3-10-20-13-16/h5-8,16,18,20H,3-4,9-13H2,1-2H3,(H,21,24)(H,22,23). The molecule has 0 aromatic heterocycles. The molecule has 24 heavy (non-hydrogen) atoms. The number of hydrogen-bond donors (Lipinski definition) is 3. The van der Waals surface area contributed by atoms with Gasteiger partial charge in [0.1, 0.15) is 0 Å². The Hall–Kier alpha value is -1.88. The van der Waals surface area contributed by atoms with E-state index in [0.717, 1.165) is 30.6 Å². The minimum Gasteiger partial charge on any atom is -0.356 e. The van der Waals surface area contributed by atoms with E-state index >= 15 is 0 Å². The summed E-state index contributed by atoms with van der Waals surface area (Å²) in [4.78, 5) is 23.7. The maximum atomic E-state index is 12.2. The van der Waals surface area contributed by atoms with E-state index in [1.54, 1.807) is 0 Å². The zero-order valence-corrected chi connectivity index (χ0v) is 14.7. The number of rotatable bonds is 7. The fraction of sp³-hybridized carbons (Fsp3) is 0.579. The summed E-state index contributed by atoms with van der Waals surface area (Å²) in [6, 6.07) is 7.66. The van der Waals surface area contributed by atoms with Crippen LogP contribution in [0.4, 0.5) is 0 Å². The Balaban J connectivity index is 1.82. The third-order valence-electron chi connectivity index (χ3n) is 4.52. The Bertz CT molecular complexity index is 536. The van der Waals surface area contributed by atoms with Crippen molar-refractivity contribution in [2.75, 3.05) is 19.6 Å². The van der Waals surface area contributed by atoms with Crippen LogP contribution in [0.3, 0.4) is 0 Å². The van der Waals surface area contributed by atoms with Gasteiger partial charge in [-0.15, -0.1) is 0 Å². The van der Waals surface area contributed by atoms with E-state index in [9.17, 15) is 9.59 Å². The van der Waals surface area contributed by atoms with Crippen molar-refractivity contribution in [1.29, 1.82) is 0 Å². The van der Waals surface area contributed by atoms with Gasteiger partial charge in [-0.05, 0) is 50.8 Å². The Morgan fingerprint density at radius 2 is 2.04 bits per heavy atom. The van der Waals surface area contributed by atoms with Gasteiger partial charge in [0.2, 0.25) is 11.8 Å². The van der Waals surface area contributed by atoms with Crippen molar-refractivity contribution >= 4 is 11.8 Å². The Kier molecular flexibility index (Phi) is 7.25. The van der Waals surface area contributed by atoms with E-state index in [1.807, 2.05) is 31.2 Å². The molecule has 2 unspecified atom stereocenters. The number of nitrogens with one attached hydrogen (secondary N) is 3. The van der Waals surface area contributed by atoms with Gasteiger partial charge in [0.05, 0.1) is 12.5 Å². The predicted octanol–water partition coefficient (Wildman–Crippen LogP) is 2.07. The van der Waals surface area contributed by atoms with Crippen LogP contribution in [0, 0.1) is 12.8 Å². The summed E-state index contributed by atoms with van der Waals surface area (Å²) in [6.45, 7) is 6.36. The van der Waals surface area contributed by atoms with Crippen LogP contribution < -0.4 is 16.0 Å². The van der Waals surface area contributed by atoms with Crippen LogP contribution in [-0.2, 0) is 9.59 Å². The minimum absolute atomic E-state index is 0.0157. The van der Waals surface area contributed by atoms with Crippen molar-refractivity contribution in [3.8, 4) is 0 Å². The average molecular weight is 331 g/mol. The third-order valence-corrected chi connectivity index (χ3v) is 4.52. The molecule has 1 aliphatic heterocycles. The van der Waals surface area contributed by atoms with Crippen molar-refractivity contribution in [3.63, 3.8) is 0 Å². The van der Waals surface area contributed by atoms with Crippen LogP contribution >= 0.6 is 0 Å². The normalized spacial score (nSPS) is 18.7. The molecule has 2 atom stereocenters. The first-order chi connectivity index (χ1) is 11.5. The summed E-state index contributed by atoms with van der Waals surface area (Å²) in [5.41, 5.74) is 2.12. The first-order valence-electron chi connectivity index (χ1n) is 8.85. The Labute approximate surface area is 144 Å². The maximum Gasteiger partial charge on any atom is 0.222 e. The lowest BCUT2D eigenvalue weighted by Crippen LogP contribution is -2.35. The largest absolute Gasteiger partial charge is 0.356 e. The second-order valence-corrected chi connectivity index (χ2v) is 6.72. The summed E-state index contributed by atoms with van der Waals surface area (Å²) in [6.07, 6.45) is 3.73. The van der Waals surface area contributed by atoms with Crippen LogP contribution in [0.15, 0.2) is 24.3 Å². The molecule has 132 valence electrons. The maximum absolute atomic E-state index is 12.2. The van der Waals surface area contributed by atoms with Gasteiger partial charge >= 0.3 is 0 Å². The highest BCUT2D eigenvalue weighted by Gasteiger charge is 2.18. The molecular weight excluding hydrogens is 302 g/mol. The first kappa shape index (κ1) is 18.5. The van der Waals surface area contributed by atoms with Gasteiger partial charge in [0.25, 0.3) is 0 Å². The molecule has 5 heteroatoms. The summed E-state index contributed by atoms with van der Waals surface area (Å²) in [7, 11) is 0. The average Bonchev–Trinajstić information content (AvgIpc) is 2.55. The molecule has 0 aliphatic carbocycles. The number of carbonyl (C=O) groups is 2. The van der Waals surface area contributed by atoms with Crippen molar-refractivity contribution < 1.29 is 9.59 Å². The summed E-state index contributed by atoms with van der Waals surface area (Å²) in [5.74, 6) is 0.516. The zero-order chi connectivity index (χ0) is 17.4. The highest BCUT2D eigenvalue weighted by molar-refractivity contribution is 5.79. The summed E-state index contributed by atoms with van der Waals surface area (Å²) in [5, 5.41) is 9.27. The van der Waals surface area contributed by atoms with Gasteiger partial charge in [0, 0.05) is 13.5 Å². The SMILES string of the molecule is CC(=O)NC(CC(=O)NCCC1CCCNC1)c1ccc(C)cc1. The topological polar surface area (TPSA) is 70.2 Å². The van der Waals surface area contributed by atoms with Gasteiger partial charge in [-0.1, -0.05) is 29.8 Å². The van der Waals surface area contributed by atoms with Crippen LogP contribution in [0.5, 0.6) is 0 Å². The Morgan fingerprint density at radius 1 is 1.29 bits per heavy atom. The van der Waals surface area contributed by atoms with Crippen molar-refractivity contribution in [2.45, 2.75) is 45.6 Å². The van der Waals surface area contributed by atoms with Crippen molar-refractivity contribution in [3.05, 3.63) is 35.4 Å². The lowest BCUT2D eigenvalue weighted by molar-refractivity contribution is -0.122. The fourth-order valence-corrected chi connectivity index (χ4v) is 3.14. The van der Waals surface area contributed by atoms with E-state index in [4.69, 9.17) is 0 Å². The molecule has 0 bridgehead atoms. The molecule has 0 radical (unpaired) electrons. The molecule has 3 N–H and O–H groups in total. The molecule has 1 heterocycles. The van der Waals surface area contributed by atoms with Crippen molar-refractivity contribution in [2.24, 2.45) is 5.92 Å². The fourth-order valence-electron chi connectivity index (χ4n) is 3.14. The number of piperidine rings is 1. The smallest absolute Gasteiger partial charge is 0.222 e. The zero-order valence-electron chi connectivity index (χ0n) is 14.7. The predicted molar refractivity (Wildman–Crippen MR) is 95.6 cm³/mol.